The van der Waals surface area contributed by atoms with E-state index in [0.29, 0.717) is 0 Å². The third-order valence-electron chi connectivity index (χ3n) is 3.57. The zero-order valence-electron chi connectivity index (χ0n) is 11.1. The van der Waals surface area contributed by atoms with E-state index in [9.17, 15) is 4.79 Å². The highest BCUT2D eigenvalue weighted by atomic mass is 16.2. The van der Waals surface area contributed by atoms with Gasteiger partial charge < -0.3 is 15.5 Å². The van der Waals surface area contributed by atoms with E-state index in [-0.39, 0.29) is 5.91 Å². The molecule has 1 amide bonds. The number of carbonyl (C=O) groups excluding carboxylic acids is 1. The second-order valence-electron chi connectivity index (χ2n) is 4.89. The molecule has 1 aliphatic heterocycles. The molecule has 0 bridgehead atoms. The van der Waals surface area contributed by atoms with E-state index in [1.165, 1.54) is 0 Å². The van der Waals surface area contributed by atoms with Gasteiger partial charge in [0, 0.05) is 44.5 Å². The molecule has 18 heavy (non-hydrogen) atoms. The number of hydrogen-bond acceptors (Lipinski definition) is 3. The van der Waals surface area contributed by atoms with Gasteiger partial charge in [0.2, 0.25) is 5.91 Å². The molecule has 0 spiro atoms. The number of nitrogens with two attached hydrogens (primary N) is 1. The van der Waals surface area contributed by atoms with Crippen molar-refractivity contribution in [2.75, 3.05) is 36.8 Å². The van der Waals surface area contributed by atoms with E-state index in [0.717, 1.165) is 49.5 Å². The Labute approximate surface area is 108 Å². The summed E-state index contributed by atoms with van der Waals surface area (Å²) in [5, 5.41) is 0. The first-order valence-corrected chi connectivity index (χ1v) is 6.44. The number of nitrogen functional groups attached to an aromatic ring is 1. The van der Waals surface area contributed by atoms with Crippen LogP contribution in [-0.4, -0.2) is 37.0 Å². The number of rotatable bonds is 1. The minimum atomic E-state index is 0.167. The van der Waals surface area contributed by atoms with Gasteiger partial charge in [-0.25, -0.2) is 0 Å². The standard InChI is InChI=1S/C14H21N3O/c1-11-4-5-13(10-14(11)15)17-7-3-6-16(8-9-17)12(2)18/h4-5,10H,3,6-9,15H2,1-2H3. The van der Waals surface area contributed by atoms with Crippen molar-refractivity contribution in [3.63, 3.8) is 0 Å². The molecule has 1 heterocycles. The monoisotopic (exact) mass is 247 g/mol. The SMILES string of the molecule is CC(=O)N1CCCN(c2ccc(C)c(N)c2)CC1. The molecule has 0 saturated carbocycles. The molecular weight excluding hydrogens is 226 g/mol. The summed E-state index contributed by atoms with van der Waals surface area (Å²) < 4.78 is 0. The van der Waals surface area contributed by atoms with Crippen molar-refractivity contribution in [1.82, 2.24) is 4.90 Å². The molecule has 2 rings (SSSR count). The number of anilines is 2. The first-order valence-electron chi connectivity index (χ1n) is 6.44. The average molecular weight is 247 g/mol. The third-order valence-corrected chi connectivity index (χ3v) is 3.57. The smallest absolute Gasteiger partial charge is 0.219 e. The maximum Gasteiger partial charge on any atom is 0.219 e. The van der Waals surface area contributed by atoms with Gasteiger partial charge in [-0.15, -0.1) is 0 Å². The molecule has 0 radical (unpaired) electrons. The van der Waals surface area contributed by atoms with Crippen LogP contribution in [0.3, 0.4) is 0 Å². The summed E-state index contributed by atoms with van der Waals surface area (Å²) in [4.78, 5) is 15.6. The highest BCUT2D eigenvalue weighted by Gasteiger charge is 2.16. The van der Waals surface area contributed by atoms with E-state index in [1.807, 2.05) is 17.9 Å². The van der Waals surface area contributed by atoms with Gasteiger partial charge in [0.05, 0.1) is 0 Å². The summed E-state index contributed by atoms with van der Waals surface area (Å²) in [6.45, 7) is 7.16. The average Bonchev–Trinajstić information content (AvgIpc) is 2.58. The first-order chi connectivity index (χ1) is 8.58. The van der Waals surface area contributed by atoms with Crippen LogP contribution in [0.15, 0.2) is 18.2 Å². The lowest BCUT2D eigenvalue weighted by atomic mass is 10.1. The van der Waals surface area contributed by atoms with Gasteiger partial charge in [-0.05, 0) is 31.0 Å². The van der Waals surface area contributed by atoms with Crippen molar-refractivity contribution in [3.05, 3.63) is 23.8 Å². The van der Waals surface area contributed by atoms with Gasteiger partial charge in [-0.2, -0.15) is 0 Å². The quantitative estimate of drug-likeness (QED) is 0.767. The van der Waals surface area contributed by atoms with E-state index in [4.69, 9.17) is 5.73 Å². The van der Waals surface area contributed by atoms with Crippen molar-refractivity contribution in [2.45, 2.75) is 20.3 Å². The Morgan fingerprint density at radius 2 is 2.00 bits per heavy atom. The predicted octanol–water partition coefficient (Wildman–Crippen LogP) is 1.64. The molecule has 0 atom stereocenters. The number of aryl methyl sites for hydroxylation is 1. The molecule has 0 unspecified atom stereocenters. The number of carbonyl (C=O) groups is 1. The largest absolute Gasteiger partial charge is 0.398 e. The fourth-order valence-electron chi connectivity index (χ4n) is 2.32. The van der Waals surface area contributed by atoms with Gasteiger partial charge in [0.1, 0.15) is 0 Å². The van der Waals surface area contributed by atoms with E-state index in [1.54, 1.807) is 6.92 Å². The zero-order chi connectivity index (χ0) is 13.1. The summed E-state index contributed by atoms with van der Waals surface area (Å²) >= 11 is 0. The second kappa shape index (κ2) is 5.29. The van der Waals surface area contributed by atoms with Gasteiger partial charge in [-0.3, -0.25) is 4.79 Å². The number of amides is 1. The molecule has 4 heteroatoms. The van der Waals surface area contributed by atoms with E-state index >= 15 is 0 Å². The van der Waals surface area contributed by atoms with Gasteiger partial charge in [0.25, 0.3) is 0 Å². The van der Waals surface area contributed by atoms with Crippen molar-refractivity contribution in [3.8, 4) is 0 Å². The Balaban J connectivity index is 2.09. The summed E-state index contributed by atoms with van der Waals surface area (Å²) in [5.41, 5.74) is 9.05. The van der Waals surface area contributed by atoms with E-state index in [2.05, 4.69) is 17.0 Å². The molecule has 0 aliphatic carbocycles. The Morgan fingerprint density at radius 1 is 1.22 bits per heavy atom. The highest BCUT2D eigenvalue weighted by molar-refractivity contribution is 5.73. The number of nitrogens with zero attached hydrogens (tertiary/aromatic N) is 2. The van der Waals surface area contributed by atoms with Crippen molar-refractivity contribution >= 4 is 17.3 Å². The highest BCUT2D eigenvalue weighted by Crippen LogP contribution is 2.22. The Bertz CT molecular complexity index is 445. The summed E-state index contributed by atoms with van der Waals surface area (Å²) in [6.07, 6.45) is 1.01. The second-order valence-corrected chi connectivity index (χ2v) is 4.89. The Hall–Kier alpha value is -1.71. The first kappa shape index (κ1) is 12.7. The van der Waals surface area contributed by atoms with Crippen LogP contribution in [0.5, 0.6) is 0 Å². The lowest BCUT2D eigenvalue weighted by molar-refractivity contribution is -0.128. The Morgan fingerprint density at radius 3 is 2.67 bits per heavy atom. The van der Waals surface area contributed by atoms with Crippen molar-refractivity contribution in [2.24, 2.45) is 0 Å². The third kappa shape index (κ3) is 2.75. The topological polar surface area (TPSA) is 49.6 Å². The van der Waals surface area contributed by atoms with Crippen LogP contribution in [0, 0.1) is 6.92 Å². The fourth-order valence-corrected chi connectivity index (χ4v) is 2.32. The van der Waals surface area contributed by atoms with E-state index < -0.39 is 0 Å². The lowest BCUT2D eigenvalue weighted by Crippen LogP contribution is -2.33. The van der Waals surface area contributed by atoms with Gasteiger partial charge in [-0.1, -0.05) is 6.07 Å². The molecule has 2 N–H and O–H groups in total. The van der Waals surface area contributed by atoms with Crippen LogP contribution in [0.1, 0.15) is 18.9 Å². The molecule has 1 aromatic carbocycles. The molecular formula is C14H21N3O. The van der Waals surface area contributed by atoms with Crippen LogP contribution in [0.2, 0.25) is 0 Å². The molecule has 0 aromatic heterocycles. The number of benzene rings is 1. The summed E-state index contributed by atoms with van der Waals surface area (Å²) in [7, 11) is 0. The maximum absolute atomic E-state index is 11.4. The minimum absolute atomic E-state index is 0.167. The predicted molar refractivity (Wildman–Crippen MR) is 74.7 cm³/mol. The minimum Gasteiger partial charge on any atom is -0.398 e. The summed E-state index contributed by atoms with van der Waals surface area (Å²) in [5.74, 6) is 0.167. The molecule has 1 aromatic rings. The fraction of sp³-hybridized carbons (Fsp3) is 0.500. The maximum atomic E-state index is 11.4. The van der Waals surface area contributed by atoms with Crippen molar-refractivity contribution < 1.29 is 4.79 Å². The summed E-state index contributed by atoms with van der Waals surface area (Å²) in [6, 6.07) is 6.19. The Kier molecular flexibility index (Phi) is 3.75. The van der Waals surface area contributed by atoms with Crippen LogP contribution >= 0.6 is 0 Å². The molecule has 1 aliphatic rings. The van der Waals surface area contributed by atoms with Crippen molar-refractivity contribution in [1.29, 1.82) is 0 Å². The van der Waals surface area contributed by atoms with Crippen LogP contribution in [0.25, 0.3) is 0 Å². The molecule has 1 saturated heterocycles. The lowest BCUT2D eigenvalue weighted by Gasteiger charge is -2.23. The molecule has 98 valence electrons. The normalized spacial score (nSPS) is 16.6. The van der Waals surface area contributed by atoms with Crippen LogP contribution in [0.4, 0.5) is 11.4 Å². The molecule has 4 nitrogen and oxygen atoms in total. The van der Waals surface area contributed by atoms with Crippen LogP contribution < -0.4 is 10.6 Å². The zero-order valence-corrected chi connectivity index (χ0v) is 11.1. The molecule has 1 fully saturated rings. The van der Waals surface area contributed by atoms with Gasteiger partial charge >= 0.3 is 0 Å². The van der Waals surface area contributed by atoms with Gasteiger partial charge in [0.15, 0.2) is 0 Å². The van der Waals surface area contributed by atoms with Crippen LogP contribution in [-0.2, 0) is 4.79 Å². The number of hydrogen-bond donors (Lipinski definition) is 1.